The highest BCUT2D eigenvalue weighted by molar-refractivity contribution is 5.75. The Bertz CT molecular complexity index is 463. The van der Waals surface area contributed by atoms with Gasteiger partial charge in [-0.25, -0.2) is 0 Å². The summed E-state index contributed by atoms with van der Waals surface area (Å²) in [5.74, 6) is -0.983. The van der Waals surface area contributed by atoms with Crippen LogP contribution in [0, 0.1) is 0 Å². The number of carboxylic acids is 1. The molecule has 1 aromatic carbocycles. The van der Waals surface area contributed by atoms with Gasteiger partial charge in [0.25, 0.3) is 0 Å². The highest BCUT2D eigenvalue weighted by atomic mass is 19.3. The van der Waals surface area contributed by atoms with Crippen molar-refractivity contribution in [3.8, 4) is 5.75 Å². The number of benzene rings is 1. The van der Waals surface area contributed by atoms with Crippen molar-refractivity contribution in [3.63, 3.8) is 0 Å². The SMILES string of the molecule is O=C(O)CCCCC(=O)NCc1ccc(OC(F)F)cc1. The second kappa shape index (κ2) is 8.89. The average molecular weight is 301 g/mol. The molecule has 21 heavy (non-hydrogen) atoms. The van der Waals surface area contributed by atoms with E-state index in [0.29, 0.717) is 12.8 Å². The molecule has 0 aromatic heterocycles. The monoisotopic (exact) mass is 301 g/mol. The number of rotatable bonds is 9. The molecule has 1 rings (SSSR count). The Balaban J connectivity index is 2.24. The first kappa shape index (κ1) is 16.9. The summed E-state index contributed by atoms with van der Waals surface area (Å²) in [7, 11) is 0. The Morgan fingerprint density at radius 1 is 1.14 bits per heavy atom. The number of alkyl halides is 2. The summed E-state index contributed by atoms with van der Waals surface area (Å²) in [5.41, 5.74) is 0.760. The molecule has 0 aliphatic carbocycles. The Morgan fingerprint density at radius 2 is 1.76 bits per heavy atom. The number of ether oxygens (including phenoxy) is 1. The maximum atomic E-state index is 12.0. The summed E-state index contributed by atoms with van der Waals surface area (Å²) in [6, 6.07) is 5.98. The predicted molar refractivity (Wildman–Crippen MR) is 71.0 cm³/mol. The Morgan fingerprint density at radius 3 is 2.33 bits per heavy atom. The number of carbonyl (C=O) groups is 2. The standard InChI is InChI=1S/C14H17F2NO4/c15-14(16)21-11-7-5-10(6-8-11)9-17-12(18)3-1-2-4-13(19)20/h5-8,14H,1-4,9H2,(H,17,18)(H,19,20). The van der Waals surface area contributed by atoms with Crippen LogP contribution in [0.15, 0.2) is 24.3 Å². The molecule has 1 amide bonds. The second-order valence-corrected chi connectivity index (χ2v) is 4.40. The fourth-order valence-electron chi connectivity index (χ4n) is 1.64. The number of unbranched alkanes of at least 4 members (excludes halogenated alkanes) is 1. The first-order valence-electron chi connectivity index (χ1n) is 6.49. The molecule has 0 saturated heterocycles. The zero-order valence-corrected chi connectivity index (χ0v) is 11.4. The lowest BCUT2D eigenvalue weighted by Gasteiger charge is -2.07. The van der Waals surface area contributed by atoms with Gasteiger partial charge in [0, 0.05) is 19.4 Å². The van der Waals surface area contributed by atoms with Gasteiger partial charge in [-0.2, -0.15) is 8.78 Å². The third kappa shape index (κ3) is 7.86. The van der Waals surface area contributed by atoms with E-state index in [2.05, 4.69) is 10.1 Å². The molecule has 0 atom stereocenters. The van der Waals surface area contributed by atoms with Crippen LogP contribution in [-0.2, 0) is 16.1 Å². The minimum Gasteiger partial charge on any atom is -0.481 e. The van der Waals surface area contributed by atoms with E-state index in [-0.39, 0.29) is 31.0 Å². The number of hydrogen-bond acceptors (Lipinski definition) is 3. The van der Waals surface area contributed by atoms with Gasteiger partial charge in [0.05, 0.1) is 0 Å². The number of aliphatic carboxylic acids is 1. The lowest BCUT2D eigenvalue weighted by molar-refractivity contribution is -0.137. The third-order valence-electron chi connectivity index (χ3n) is 2.68. The van der Waals surface area contributed by atoms with Gasteiger partial charge in [-0.15, -0.1) is 0 Å². The molecule has 0 saturated carbocycles. The maximum absolute atomic E-state index is 12.0. The van der Waals surface area contributed by atoms with E-state index in [9.17, 15) is 18.4 Å². The first-order valence-corrected chi connectivity index (χ1v) is 6.49. The van der Waals surface area contributed by atoms with Gasteiger partial charge in [-0.1, -0.05) is 12.1 Å². The fourth-order valence-corrected chi connectivity index (χ4v) is 1.64. The van der Waals surface area contributed by atoms with E-state index in [4.69, 9.17) is 5.11 Å². The fraction of sp³-hybridized carbons (Fsp3) is 0.429. The normalized spacial score (nSPS) is 10.4. The summed E-state index contributed by atoms with van der Waals surface area (Å²) >= 11 is 0. The zero-order chi connectivity index (χ0) is 15.7. The lowest BCUT2D eigenvalue weighted by Crippen LogP contribution is -2.22. The Hall–Kier alpha value is -2.18. The van der Waals surface area contributed by atoms with Crippen molar-refractivity contribution in [2.45, 2.75) is 38.8 Å². The summed E-state index contributed by atoms with van der Waals surface area (Å²) in [4.78, 5) is 21.8. The highest BCUT2D eigenvalue weighted by Crippen LogP contribution is 2.14. The van der Waals surface area contributed by atoms with E-state index in [1.807, 2.05) is 0 Å². The number of carboxylic acid groups (broad SMARTS) is 1. The van der Waals surface area contributed by atoms with E-state index in [1.165, 1.54) is 12.1 Å². The van der Waals surface area contributed by atoms with Crippen LogP contribution in [0.2, 0.25) is 0 Å². The largest absolute Gasteiger partial charge is 0.481 e. The van der Waals surface area contributed by atoms with Crippen molar-refractivity contribution in [3.05, 3.63) is 29.8 Å². The quantitative estimate of drug-likeness (QED) is 0.687. The second-order valence-electron chi connectivity index (χ2n) is 4.40. The number of amides is 1. The molecule has 5 nitrogen and oxygen atoms in total. The molecule has 116 valence electrons. The van der Waals surface area contributed by atoms with E-state index in [1.54, 1.807) is 12.1 Å². The van der Waals surface area contributed by atoms with Gasteiger partial charge >= 0.3 is 12.6 Å². The van der Waals surface area contributed by atoms with E-state index < -0.39 is 12.6 Å². The molecule has 0 spiro atoms. The first-order chi connectivity index (χ1) is 9.97. The van der Waals surface area contributed by atoms with Gasteiger partial charge in [-0.3, -0.25) is 9.59 Å². The van der Waals surface area contributed by atoms with Crippen LogP contribution < -0.4 is 10.1 Å². The van der Waals surface area contributed by atoms with Gasteiger partial charge < -0.3 is 15.2 Å². The minimum absolute atomic E-state index is 0.0544. The molecule has 0 bridgehead atoms. The van der Waals surface area contributed by atoms with Crippen LogP contribution in [-0.4, -0.2) is 23.6 Å². The predicted octanol–water partition coefficient (Wildman–Crippen LogP) is 2.55. The molecule has 0 aliphatic rings. The number of halogens is 2. The summed E-state index contributed by atoms with van der Waals surface area (Å²) in [5, 5.41) is 11.1. The van der Waals surface area contributed by atoms with Gasteiger partial charge in [0.2, 0.25) is 5.91 Å². The zero-order valence-electron chi connectivity index (χ0n) is 11.4. The van der Waals surface area contributed by atoms with Crippen LogP contribution in [0.1, 0.15) is 31.2 Å². The number of nitrogens with one attached hydrogen (secondary N) is 1. The van der Waals surface area contributed by atoms with Crippen LogP contribution in [0.25, 0.3) is 0 Å². The molecule has 0 aliphatic heterocycles. The third-order valence-corrected chi connectivity index (χ3v) is 2.68. The number of hydrogen-bond donors (Lipinski definition) is 2. The van der Waals surface area contributed by atoms with Gasteiger partial charge in [-0.05, 0) is 30.5 Å². The van der Waals surface area contributed by atoms with E-state index in [0.717, 1.165) is 5.56 Å². The Kier molecular flexibility index (Phi) is 7.14. The van der Waals surface area contributed by atoms with Crippen molar-refractivity contribution >= 4 is 11.9 Å². The Labute approximate surface area is 120 Å². The van der Waals surface area contributed by atoms with Gasteiger partial charge in [0.15, 0.2) is 0 Å². The van der Waals surface area contributed by atoms with Crippen molar-refractivity contribution < 1.29 is 28.2 Å². The molecule has 7 heteroatoms. The van der Waals surface area contributed by atoms with Crippen molar-refractivity contribution in [2.75, 3.05) is 0 Å². The molecule has 0 unspecified atom stereocenters. The summed E-state index contributed by atoms with van der Waals surface area (Å²) in [6.07, 6.45) is 1.29. The number of carbonyl (C=O) groups excluding carboxylic acids is 1. The summed E-state index contributed by atoms with van der Waals surface area (Å²) < 4.78 is 28.1. The van der Waals surface area contributed by atoms with Crippen LogP contribution in [0.4, 0.5) is 8.78 Å². The molecular formula is C14H17F2NO4. The van der Waals surface area contributed by atoms with Crippen LogP contribution in [0.5, 0.6) is 5.75 Å². The molecule has 1 aromatic rings. The summed E-state index contributed by atoms with van der Waals surface area (Å²) in [6.45, 7) is -2.58. The van der Waals surface area contributed by atoms with Crippen LogP contribution in [0.3, 0.4) is 0 Å². The molecular weight excluding hydrogens is 284 g/mol. The van der Waals surface area contributed by atoms with Gasteiger partial charge in [0.1, 0.15) is 5.75 Å². The minimum atomic E-state index is -2.86. The van der Waals surface area contributed by atoms with Crippen molar-refractivity contribution in [1.82, 2.24) is 5.32 Å². The smallest absolute Gasteiger partial charge is 0.387 e. The van der Waals surface area contributed by atoms with Crippen molar-refractivity contribution in [2.24, 2.45) is 0 Å². The maximum Gasteiger partial charge on any atom is 0.387 e. The lowest BCUT2D eigenvalue weighted by atomic mass is 10.2. The van der Waals surface area contributed by atoms with E-state index >= 15 is 0 Å². The topological polar surface area (TPSA) is 75.6 Å². The van der Waals surface area contributed by atoms with Crippen molar-refractivity contribution in [1.29, 1.82) is 0 Å². The average Bonchev–Trinajstić information content (AvgIpc) is 2.42. The molecule has 0 heterocycles. The molecule has 0 fully saturated rings. The molecule has 2 N–H and O–H groups in total. The molecule has 0 radical (unpaired) electrons. The van der Waals surface area contributed by atoms with Crippen LogP contribution >= 0.6 is 0 Å². The highest BCUT2D eigenvalue weighted by Gasteiger charge is 2.05.